The van der Waals surface area contributed by atoms with Gasteiger partial charge in [-0.1, -0.05) is 0 Å². The number of imide groups is 1. The molecule has 4 heterocycles. The van der Waals surface area contributed by atoms with Gasteiger partial charge in [-0.05, 0) is 6.07 Å². The Kier molecular flexibility index (Phi) is 3.15. The first kappa shape index (κ1) is 14.8. The standard InChI is InChI=1S/C14H14F2N6O2/c15-14(16)1-3-21(7-14)10-5-9(20-22-4-2-17-11(10)22)8-6-18-13(24)19-12(8)23/h2,4-5,8H,1,3,6-7H2,(H2,18,19,23,24). The highest BCUT2D eigenvalue weighted by molar-refractivity contribution is 6.00. The second-order valence-corrected chi connectivity index (χ2v) is 5.93. The van der Waals surface area contributed by atoms with Crippen molar-refractivity contribution in [3.8, 4) is 0 Å². The lowest BCUT2D eigenvalue weighted by Gasteiger charge is -2.24. The normalized spacial score (nSPS) is 23.4. The minimum atomic E-state index is -2.75. The molecule has 0 aromatic carbocycles. The van der Waals surface area contributed by atoms with E-state index in [1.165, 1.54) is 10.7 Å². The van der Waals surface area contributed by atoms with Crippen LogP contribution in [0.4, 0.5) is 19.3 Å². The highest BCUT2D eigenvalue weighted by Gasteiger charge is 2.39. The summed E-state index contributed by atoms with van der Waals surface area (Å²) in [6, 6.07) is 1.05. The van der Waals surface area contributed by atoms with Crippen LogP contribution in [0.25, 0.3) is 5.65 Å². The van der Waals surface area contributed by atoms with Crippen LogP contribution in [0.5, 0.6) is 0 Å². The van der Waals surface area contributed by atoms with Crippen molar-refractivity contribution in [2.24, 2.45) is 0 Å². The van der Waals surface area contributed by atoms with E-state index in [0.717, 1.165) is 0 Å². The molecule has 2 aliphatic heterocycles. The lowest BCUT2D eigenvalue weighted by atomic mass is 10.0. The van der Waals surface area contributed by atoms with Gasteiger partial charge in [0.05, 0.1) is 23.8 Å². The van der Waals surface area contributed by atoms with Crippen molar-refractivity contribution in [1.82, 2.24) is 25.2 Å². The molecule has 10 heteroatoms. The minimum Gasteiger partial charge on any atom is -0.362 e. The number of nitrogens with zero attached hydrogens (tertiary/aromatic N) is 4. The molecule has 0 bridgehead atoms. The van der Waals surface area contributed by atoms with Gasteiger partial charge in [0.25, 0.3) is 5.92 Å². The van der Waals surface area contributed by atoms with Crippen molar-refractivity contribution >= 4 is 23.3 Å². The quantitative estimate of drug-likeness (QED) is 0.833. The lowest BCUT2D eigenvalue weighted by molar-refractivity contribution is -0.122. The maximum absolute atomic E-state index is 13.6. The molecule has 1 unspecified atom stereocenters. The Morgan fingerprint density at radius 3 is 2.88 bits per heavy atom. The van der Waals surface area contributed by atoms with Gasteiger partial charge in [-0.15, -0.1) is 0 Å². The number of hydrogen-bond donors (Lipinski definition) is 2. The molecule has 8 nitrogen and oxygen atoms in total. The second kappa shape index (κ2) is 5.11. The Morgan fingerprint density at radius 1 is 1.33 bits per heavy atom. The summed E-state index contributed by atoms with van der Waals surface area (Å²) in [6.07, 6.45) is 2.89. The number of imidazole rings is 1. The van der Waals surface area contributed by atoms with E-state index >= 15 is 0 Å². The van der Waals surface area contributed by atoms with Crippen molar-refractivity contribution in [3.63, 3.8) is 0 Å². The summed E-state index contributed by atoms with van der Waals surface area (Å²) in [6.45, 7) is -0.0907. The van der Waals surface area contributed by atoms with Gasteiger partial charge in [-0.25, -0.2) is 23.1 Å². The summed E-state index contributed by atoms with van der Waals surface area (Å²) < 4.78 is 28.6. The van der Waals surface area contributed by atoms with Gasteiger partial charge in [0.2, 0.25) is 5.91 Å². The molecular formula is C14H14F2N6O2. The molecule has 0 radical (unpaired) electrons. The second-order valence-electron chi connectivity index (χ2n) is 5.93. The fourth-order valence-electron chi connectivity index (χ4n) is 3.03. The van der Waals surface area contributed by atoms with Gasteiger partial charge in [-0.2, -0.15) is 5.10 Å². The predicted octanol–water partition coefficient (Wildman–Crippen LogP) is 0.498. The zero-order chi connectivity index (χ0) is 16.9. The molecule has 3 amide bonds. The summed E-state index contributed by atoms with van der Waals surface area (Å²) >= 11 is 0. The number of rotatable bonds is 2. The van der Waals surface area contributed by atoms with Gasteiger partial charge in [0.15, 0.2) is 5.65 Å². The van der Waals surface area contributed by atoms with Gasteiger partial charge in [0, 0.05) is 31.9 Å². The molecule has 0 saturated carbocycles. The number of carbonyl (C=O) groups is 2. The van der Waals surface area contributed by atoms with Crippen LogP contribution in [0.1, 0.15) is 18.0 Å². The van der Waals surface area contributed by atoms with E-state index < -0.39 is 30.3 Å². The molecule has 2 N–H and O–H groups in total. The number of aromatic nitrogens is 3. The van der Waals surface area contributed by atoms with E-state index in [9.17, 15) is 18.4 Å². The van der Waals surface area contributed by atoms with Crippen LogP contribution >= 0.6 is 0 Å². The summed E-state index contributed by atoms with van der Waals surface area (Å²) in [5.41, 5.74) is 1.35. The number of nitrogens with one attached hydrogen (secondary N) is 2. The first-order valence-electron chi connectivity index (χ1n) is 7.49. The number of urea groups is 1. The summed E-state index contributed by atoms with van der Waals surface area (Å²) in [5.74, 6) is -3.90. The van der Waals surface area contributed by atoms with Crippen molar-refractivity contribution in [1.29, 1.82) is 0 Å². The Bertz CT molecular complexity index is 836. The molecule has 0 aliphatic carbocycles. The predicted molar refractivity (Wildman–Crippen MR) is 79.0 cm³/mol. The topological polar surface area (TPSA) is 91.6 Å². The fraction of sp³-hybridized carbons (Fsp3) is 0.429. The number of hydrogen-bond acceptors (Lipinski definition) is 5. The third kappa shape index (κ3) is 2.43. The number of carbonyl (C=O) groups excluding carboxylic acids is 2. The van der Waals surface area contributed by atoms with Crippen LogP contribution in [-0.4, -0.2) is 52.1 Å². The van der Waals surface area contributed by atoms with Crippen LogP contribution < -0.4 is 15.5 Å². The average Bonchev–Trinajstić information content (AvgIpc) is 3.12. The zero-order valence-electron chi connectivity index (χ0n) is 12.5. The van der Waals surface area contributed by atoms with Gasteiger partial charge in [-0.3, -0.25) is 10.1 Å². The fourth-order valence-corrected chi connectivity index (χ4v) is 3.03. The van der Waals surface area contributed by atoms with Crippen molar-refractivity contribution < 1.29 is 18.4 Å². The Balaban J connectivity index is 1.75. The molecule has 24 heavy (non-hydrogen) atoms. The van der Waals surface area contributed by atoms with Crippen LogP contribution in [-0.2, 0) is 4.79 Å². The van der Waals surface area contributed by atoms with E-state index in [2.05, 4.69) is 20.7 Å². The third-order valence-electron chi connectivity index (χ3n) is 4.25. The smallest absolute Gasteiger partial charge is 0.321 e. The zero-order valence-corrected chi connectivity index (χ0v) is 12.5. The molecule has 0 spiro atoms. The highest BCUT2D eigenvalue weighted by atomic mass is 19.3. The molecular weight excluding hydrogens is 322 g/mol. The van der Waals surface area contributed by atoms with E-state index in [4.69, 9.17) is 0 Å². The third-order valence-corrected chi connectivity index (χ3v) is 4.25. The van der Waals surface area contributed by atoms with Crippen LogP contribution in [0.3, 0.4) is 0 Å². The Morgan fingerprint density at radius 2 is 2.17 bits per heavy atom. The molecule has 1 atom stereocenters. The van der Waals surface area contributed by atoms with Gasteiger partial charge >= 0.3 is 6.03 Å². The number of anilines is 1. The summed E-state index contributed by atoms with van der Waals surface area (Å²) in [5, 5.41) is 9.05. The molecule has 2 saturated heterocycles. The SMILES string of the molecule is O=C1NCC(c2cc(N3CCC(F)(F)C3)c3nccn3n2)C(=O)N1. The summed E-state index contributed by atoms with van der Waals surface area (Å²) in [7, 11) is 0. The van der Waals surface area contributed by atoms with E-state index in [0.29, 0.717) is 17.0 Å². The lowest BCUT2D eigenvalue weighted by Crippen LogP contribution is -2.51. The van der Waals surface area contributed by atoms with E-state index in [1.807, 2.05) is 0 Å². The average molecular weight is 336 g/mol. The van der Waals surface area contributed by atoms with Crippen LogP contribution in [0, 0.1) is 0 Å². The van der Waals surface area contributed by atoms with Crippen molar-refractivity contribution in [2.45, 2.75) is 18.3 Å². The van der Waals surface area contributed by atoms with Gasteiger partial charge in [0.1, 0.15) is 0 Å². The maximum atomic E-state index is 13.6. The largest absolute Gasteiger partial charge is 0.362 e. The first-order valence-corrected chi connectivity index (χ1v) is 7.49. The molecule has 2 aromatic rings. The molecule has 2 aromatic heterocycles. The minimum absolute atomic E-state index is 0.105. The Labute approximate surface area is 134 Å². The monoisotopic (exact) mass is 336 g/mol. The van der Waals surface area contributed by atoms with Gasteiger partial charge < -0.3 is 10.2 Å². The van der Waals surface area contributed by atoms with Crippen LogP contribution in [0.15, 0.2) is 18.5 Å². The molecule has 2 fully saturated rings. The number of fused-ring (bicyclic) bond motifs is 1. The first-order chi connectivity index (χ1) is 11.4. The summed E-state index contributed by atoms with van der Waals surface area (Å²) in [4.78, 5) is 29.0. The van der Waals surface area contributed by atoms with E-state index in [1.54, 1.807) is 17.2 Å². The number of amides is 3. The molecule has 2 aliphatic rings. The molecule has 126 valence electrons. The van der Waals surface area contributed by atoms with Crippen molar-refractivity contribution in [2.75, 3.05) is 24.5 Å². The highest BCUT2D eigenvalue weighted by Crippen LogP contribution is 2.33. The van der Waals surface area contributed by atoms with Crippen LogP contribution in [0.2, 0.25) is 0 Å². The van der Waals surface area contributed by atoms with E-state index in [-0.39, 0.29) is 19.5 Å². The Hall–Kier alpha value is -2.78. The number of alkyl halides is 2. The molecule has 4 rings (SSSR count). The maximum Gasteiger partial charge on any atom is 0.321 e. The van der Waals surface area contributed by atoms with Crippen molar-refractivity contribution in [3.05, 3.63) is 24.2 Å². The number of halogens is 2.